The largest absolute Gasteiger partial charge is 0.427 e. The number of amides is 2. The zero-order valence-corrected chi connectivity index (χ0v) is 17.8. The van der Waals surface area contributed by atoms with Gasteiger partial charge in [0.25, 0.3) is 23.1 Å². The SMILES string of the molecule is C=CCC(OCc1ccccc1)(C(=O)NNC(=O)c1[nH]c(=O)c(C(F)(F)F)cc1[N+](=O)[O-])C(F)(F)F. The maximum absolute atomic E-state index is 14.0. The molecule has 0 saturated heterocycles. The molecule has 1 atom stereocenters. The minimum Gasteiger partial charge on any atom is -0.352 e. The van der Waals surface area contributed by atoms with Crippen LogP contribution in [0.2, 0.25) is 0 Å². The molecule has 0 aliphatic rings. The predicted molar refractivity (Wildman–Crippen MR) is 109 cm³/mol. The number of carbonyl (C=O) groups excluding carboxylic acids is 2. The number of nitro groups is 1. The number of nitrogens with zero attached hydrogens (tertiary/aromatic N) is 1. The van der Waals surface area contributed by atoms with Gasteiger partial charge in [-0.15, -0.1) is 6.58 Å². The Hall–Kier alpha value is -4.21. The quantitative estimate of drug-likeness (QED) is 0.210. The molecule has 2 aromatic rings. The maximum atomic E-state index is 14.0. The molecule has 0 spiro atoms. The number of aromatic amines is 1. The highest BCUT2D eigenvalue weighted by atomic mass is 19.4. The van der Waals surface area contributed by atoms with Crippen LogP contribution in [0.5, 0.6) is 0 Å². The number of nitrogens with one attached hydrogen (secondary N) is 3. The number of benzene rings is 1. The lowest BCUT2D eigenvalue weighted by molar-refractivity contribution is -0.385. The van der Waals surface area contributed by atoms with Gasteiger partial charge >= 0.3 is 12.4 Å². The Balaban J connectivity index is 2.35. The van der Waals surface area contributed by atoms with E-state index in [-0.39, 0.29) is 11.6 Å². The second kappa shape index (κ2) is 10.6. The number of hydrogen-bond acceptors (Lipinski definition) is 6. The number of ether oxygens (including phenoxy) is 1. The van der Waals surface area contributed by atoms with Crippen LogP contribution in [0.4, 0.5) is 32.0 Å². The Labute approximate surface area is 197 Å². The fourth-order valence-corrected chi connectivity index (χ4v) is 2.85. The third kappa shape index (κ3) is 6.07. The van der Waals surface area contributed by atoms with Gasteiger partial charge in [0.05, 0.1) is 11.5 Å². The van der Waals surface area contributed by atoms with E-state index < -0.39 is 70.2 Å². The minimum atomic E-state index is -5.36. The summed E-state index contributed by atoms with van der Waals surface area (Å²) in [5, 5.41) is 11.1. The summed E-state index contributed by atoms with van der Waals surface area (Å²) in [6, 6.07) is 7.18. The highest BCUT2D eigenvalue weighted by molar-refractivity contribution is 5.98. The molecule has 0 radical (unpaired) electrons. The molecule has 194 valence electrons. The standard InChI is InChI=1S/C20H16F6N4O6/c1-2-8-18(20(24,25)26,36-10-11-6-4-3-5-7-11)17(33)29-28-16(32)14-13(30(34)35)9-12(15(31)27-14)19(21,22)23/h2-7,9H,1,8,10H2,(H,27,31)(H,28,32)(H,29,33). The molecule has 36 heavy (non-hydrogen) atoms. The fraction of sp³-hybridized carbons (Fsp3) is 0.250. The van der Waals surface area contributed by atoms with Gasteiger partial charge in [-0.05, 0) is 5.56 Å². The first-order valence-corrected chi connectivity index (χ1v) is 9.59. The van der Waals surface area contributed by atoms with Crippen molar-refractivity contribution < 1.29 is 45.6 Å². The van der Waals surface area contributed by atoms with E-state index in [4.69, 9.17) is 4.74 Å². The molecule has 1 aromatic carbocycles. The van der Waals surface area contributed by atoms with Crippen LogP contribution in [0.1, 0.15) is 28.0 Å². The molecule has 0 aliphatic heterocycles. The summed E-state index contributed by atoms with van der Waals surface area (Å²) >= 11 is 0. The van der Waals surface area contributed by atoms with Crippen molar-refractivity contribution in [2.45, 2.75) is 31.0 Å². The average Bonchev–Trinajstić information content (AvgIpc) is 2.78. The second-order valence-corrected chi connectivity index (χ2v) is 7.03. The lowest BCUT2D eigenvalue weighted by Gasteiger charge is -2.33. The van der Waals surface area contributed by atoms with Gasteiger partial charge in [-0.2, -0.15) is 26.3 Å². The number of aromatic nitrogens is 1. The molecule has 16 heteroatoms. The summed E-state index contributed by atoms with van der Waals surface area (Å²) in [6.45, 7) is 2.45. The van der Waals surface area contributed by atoms with E-state index >= 15 is 0 Å². The summed E-state index contributed by atoms with van der Waals surface area (Å²) in [5.74, 6) is -3.75. The van der Waals surface area contributed by atoms with Crippen LogP contribution in [0, 0.1) is 10.1 Å². The zero-order chi connectivity index (χ0) is 27.3. The summed E-state index contributed by atoms with van der Waals surface area (Å²) in [4.78, 5) is 47.5. The molecular weight excluding hydrogens is 506 g/mol. The number of rotatable bonds is 8. The molecule has 1 heterocycles. The first kappa shape index (κ1) is 28.0. The van der Waals surface area contributed by atoms with Crippen molar-refractivity contribution in [3.8, 4) is 0 Å². The maximum Gasteiger partial charge on any atom is 0.427 e. The molecule has 10 nitrogen and oxygen atoms in total. The molecule has 1 unspecified atom stereocenters. The van der Waals surface area contributed by atoms with Gasteiger partial charge in [0, 0.05) is 12.5 Å². The topological polar surface area (TPSA) is 143 Å². The number of carbonyl (C=O) groups is 2. The van der Waals surface area contributed by atoms with E-state index in [0.29, 0.717) is 0 Å². The average molecular weight is 522 g/mol. The zero-order valence-electron chi connectivity index (χ0n) is 17.8. The lowest BCUT2D eigenvalue weighted by atomic mass is 9.97. The van der Waals surface area contributed by atoms with E-state index in [0.717, 1.165) is 6.08 Å². The summed E-state index contributed by atoms with van der Waals surface area (Å²) < 4.78 is 85.3. The minimum absolute atomic E-state index is 0.226. The van der Waals surface area contributed by atoms with Crippen LogP contribution in [0.15, 0.2) is 53.8 Å². The van der Waals surface area contributed by atoms with Gasteiger partial charge in [-0.3, -0.25) is 35.3 Å². The van der Waals surface area contributed by atoms with Crippen LogP contribution in [-0.2, 0) is 22.3 Å². The molecule has 1 aromatic heterocycles. The predicted octanol–water partition coefficient (Wildman–Crippen LogP) is 3.16. The molecule has 0 aliphatic carbocycles. The van der Waals surface area contributed by atoms with Crippen LogP contribution in [-0.4, -0.2) is 33.5 Å². The van der Waals surface area contributed by atoms with E-state index in [1.54, 1.807) is 6.07 Å². The van der Waals surface area contributed by atoms with Crippen molar-refractivity contribution in [1.29, 1.82) is 0 Å². The number of alkyl halides is 6. The van der Waals surface area contributed by atoms with Crippen molar-refractivity contribution in [3.05, 3.63) is 86.3 Å². The number of halogens is 6. The van der Waals surface area contributed by atoms with Crippen molar-refractivity contribution in [2.75, 3.05) is 0 Å². The van der Waals surface area contributed by atoms with Crippen molar-refractivity contribution in [2.24, 2.45) is 0 Å². The summed E-state index contributed by atoms with van der Waals surface area (Å²) in [6.07, 6.45) is -11.1. The Morgan fingerprint density at radius 2 is 1.72 bits per heavy atom. The van der Waals surface area contributed by atoms with Gasteiger partial charge in [0.15, 0.2) is 5.69 Å². The Morgan fingerprint density at radius 1 is 1.11 bits per heavy atom. The first-order chi connectivity index (χ1) is 16.6. The highest BCUT2D eigenvalue weighted by Crippen LogP contribution is 2.38. The molecule has 3 N–H and O–H groups in total. The van der Waals surface area contributed by atoms with Crippen LogP contribution in [0.25, 0.3) is 0 Å². The third-order valence-electron chi connectivity index (χ3n) is 4.62. The molecule has 0 bridgehead atoms. The normalized spacial score (nSPS) is 13.4. The molecule has 0 saturated carbocycles. The summed E-state index contributed by atoms with van der Waals surface area (Å²) in [5.41, 5.74) is -7.36. The number of hydrazine groups is 1. The number of pyridine rings is 1. The number of hydrogen-bond donors (Lipinski definition) is 3. The monoisotopic (exact) mass is 522 g/mol. The summed E-state index contributed by atoms with van der Waals surface area (Å²) in [7, 11) is 0. The van der Waals surface area contributed by atoms with E-state index in [1.807, 2.05) is 0 Å². The third-order valence-corrected chi connectivity index (χ3v) is 4.62. The Morgan fingerprint density at radius 3 is 2.22 bits per heavy atom. The highest BCUT2D eigenvalue weighted by Gasteiger charge is 2.61. The van der Waals surface area contributed by atoms with E-state index in [2.05, 4.69) is 6.58 Å². The van der Waals surface area contributed by atoms with Crippen molar-refractivity contribution in [1.82, 2.24) is 15.8 Å². The molecule has 2 rings (SSSR count). The van der Waals surface area contributed by atoms with Crippen LogP contribution < -0.4 is 16.4 Å². The molecule has 2 amide bonds. The van der Waals surface area contributed by atoms with Gasteiger partial charge in [-0.1, -0.05) is 36.4 Å². The van der Waals surface area contributed by atoms with Crippen molar-refractivity contribution >= 4 is 17.5 Å². The van der Waals surface area contributed by atoms with Gasteiger partial charge in [0.1, 0.15) is 5.56 Å². The van der Waals surface area contributed by atoms with E-state index in [1.165, 1.54) is 40.1 Å². The first-order valence-electron chi connectivity index (χ1n) is 9.59. The van der Waals surface area contributed by atoms with E-state index in [9.17, 15) is 50.8 Å². The van der Waals surface area contributed by atoms with Crippen LogP contribution in [0.3, 0.4) is 0 Å². The molecule has 0 fully saturated rings. The van der Waals surface area contributed by atoms with Gasteiger partial charge < -0.3 is 9.72 Å². The smallest absolute Gasteiger partial charge is 0.352 e. The van der Waals surface area contributed by atoms with Gasteiger partial charge in [-0.25, -0.2) is 0 Å². The number of H-pyrrole nitrogens is 1. The Kier molecular flexibility index (Phi) is 8.25. The van der Waals surface area contributed by atoms with Crippen LogP contribution >= 0.6 is 0 Å². The second-order valence-electron chi connectivity index (χ2n) is 7.03. The van der Waals surface area contributed by atoms with Crippen molar-refractivity contribution in [3.63, 3.8) is 0 Å². The fourth-order valence-electron chi connectivity index (χ4n) is 2.85. The van der Waals surface area contributed by atoms with Gasteiger partial charge in [0.2, 0.25) is 5.60 Å². The Bertz CT molecular complexity index is 1210. The lowest BCUT2D eigenvalue weighted by Crippen LogP contribution is -2.61. The molecular formula is C20H16F6N4O6.